The summed E-state index contributed by atoms with van der Waals surface area (Å²) in [5, 5.41) is 2.36. The minimum absolute atomic E-state index is 0.0435. The number of halogens is 2. The number of carbonyl (C=O) groups is 1. The fourth-order valence-electron chi connectivity index (χ4n) is 2.06. The number of sulfonamides is 1. The van der Waals surface area contributed by atoms with Crippen LogP contribution in [0, 0.1) is 11.6 Å². The van der Waals surface area contributed by atoms with Gasteiger partial charge in [0.2, 0.25) is 15.9 Å². The van der Waals surface area contributed by atoms with Crippen molar-refractivity contribution in [2.45, 2.75) is 18.2 Å². The lowest BCUT2D eigenvalue weighted by Crippen LogP contribution is -2.27. The van der Waals surface area contributed by atoms with Gasteiger partial charge < -0.3 is 10.1 Å². The molecule has 6 nitrogen and oxygen atoms in total. The first kappa shape index (κ1) is 19.8. The summed E-state index contributed by atoms with van der Waals surface area (Å²) in [6, 6.07) is 8.81. The Morgan fingerprint density at radius 3 is 2.38 bits per heavy atom. The van der Waals surface area contributed by atoms with Crippen molar-refractivity contribution >= 4 is 21.6 Å². The highest BCUT2D eigenvalue weighted by Crippen LogP contribution is 2.16. The lowest BCUT2D eigenvalue weighted by atomic mass is 10.3. The van der Waals surface area contributed by atoms with E-state index in [0.717, 1.165) is 12.1 Å². The third kappa shape index (κ3) is 5.50. The fourth-order valence-corrected chi connectivity index (χ4v) is 3.09. The average Bonchev–Trinajstić information content (AvgIpc) is 2.59. The van der Waals surface area contributed by atoms with E-state index in [2.05, 4.69) is 10.0 Å². The Kier molecular flexibility index (Phi) is 6.64. The van der Waals surface area contributed by atoms with Crippen LogP contribution in [0.4, 0.5) is 14.5 Å². The molecule has 2 aromatic carbocycles. The molecule has 0 saturated carbocycles. The molecule has 0 unspecified atom stereocenters. The quantitative estimate of drug-likeness (QED) is 0.733. The number of carbonyl (C=O) groups excluding carboxylic acids is 1. The Labute approximate surface area is 150 Å². The third-order valence-corrected chi connectivity index (χ3v) is 4.77. The molecule has 0 spiro atoms. The van der Waals surface area contributed by atoms with E-state index in [0.29, 0.717) is 12.4 Å². The Bertz CT molecular complexity index is 871. The lowest BCUT2D eigenvalue weighted by Gasteiger charge is -2.09. The van der Waals surface area contributed by atoms with Gasteiger partial charge in [0.05, 0.1) is 11.5 Å². The SMILES string of the molecule is CCOc1ccc(S(=O)(=O)NCCC(=O)Nc2ccc(F)c(F)c2)cc1. The second kappa shape index (κ2) is 8.72. The zero-order valence-corrected chi connectivity index (χ0v) is 14.8. The van der Waals surface area contributed by atoms with E-state index < -0.39 is 27.6 Å². The molecule has 2 rings (SSSR count). The summed E-state index contributed by atoms with van der Waals surface area (Å²) >= 11 is 0. The topological polar surface area (TPSA) is 84.5 Å². The molecule has 0 fully saturated rings. The van der Waals surface area contributed by atoms with E-state index in [1.807, 2.05) is 6.92 Å². The lowest BCUT2D eigenvalue weighted by molar-refractivity contribution is -0.116. The molecule has 2 aromatic rings. The molecule has 0 aliphatic heterocycles. The predicted octanol–water partition coefficient (Wildman–Crippen LogP) is 2.67. The van der Waals surface area contributed by atoms with Crippen LogP contribution in [0.2, 0.25) is 0 Å². The summed E-state index contributed by atoms with van der Waals surface area (Å²) in [4.78, 5) is 11.8. The summed E-state index contributed by atoms with van der Waals surface area (Å²) in [6.45, 7) is 2.14. The molecule has 1 amide bonds. The van der Waals surface area contributed by atoms with Gasteiger partial charge in [0.15, 0.2) is 11.6 Å². The van der Waals surface area contributed by atoms with Crippen LogP contribution in [-0.2, 0) is 14.8 Å². The Morgan fingerprint density at radius 2 is 1.77 bits per heavy atom. The van der Waals surface area contributed by atoms with E-state index in [-0.39, 0.29) is 23.5 Å². The van der Waals surface area contributed by atoms with Crippen LogP contribution in [0.1, 0.15) is 13.3 Å². The van der Waals surface area contributed by atoms with Crippen LogP contribution in [-0.4, -0.2) is 27.5 Å². The number of benzene rings is 2. The zero-order valence-electron chi connectivity index (χ0n) is 14.0. The minimum atomic E-state index is -3.77. The second-order valence-corrected chi connectivity index (χ2v) is 7.00. The van der Waals surface area contributed by atoms with Crippen molar-refractivity contribution < 1.29 is 26.7 Å². The highest BCUT2D eigenvalue weighted by molar-refractivity contribution is 7.89. The van der Waals surface area contributed by atoms with Crippen LogP contribution in [0.3, 0.4) is 0 Å². The normalized spacial score (nSPS) is 11.2. The van der Waals surface area contributed by atoms with Gasteiger partial charge in [-0.3, -0.25) is 4.79 Å². The molecule has 0 saturated heterocycles. The molecular formula is C17H18F2N2O4S. The predicted molar refractivity (Wildman–Crippen MR) is 92.4 cm³/mol. The first-order valence-corrected chi connectivity index (χ1v) is 9.27. The Hall–Kier alpha value is -2.52. The van der Waals surface area contributed by atoms with Gasteiger partial charge in [-0.25, -0.2) is 21.9 Å². The summed E-state index contributed by atoms with van der Waals surface area (Å²) < 4.78 is 57.7. The largest absolute Gasteiger partial charge is 0.494 e. The molecule has 0 heterocycles. The van der Waals surface area contributed by atoms with Crippen molar-refractivity contribution in [1.82, 2.24) is 4.72 Å². The average molecular weight is 384 g/mol. The summed E-state index contributed by atoms with van der Waals surface area (Å²) in [5.74, 6) is -2.09. The van der Waals surface area contributed by atoms with E-state index >= 15 is 0 Å². The van der Waals surface area contributed by atoms with Crippen LogP contribution < -0.4 is 14.8 Å². The molecule has 0 aromatic heterocycles. The second-order valence-electron chi connectivity index (χ2n) is 5.23. The summed E-state index contributed by atoms with van der Waals surface area (Å²) in [7, 11) is -3.77. The van der Waals surface area contributed by atoms with E-state index in [1.54, 1.807) is 0 Å². The Balaban J connectivity index is 1.87. The van der Waals surface area contributed by atoms with E-state index in [1.165, 1.54) is 30.3 Å². The van der Waals surface area contributed by atoms with Crippen LogP contribution in [0.25, 0.3) is 0 Å². The molecule has 26 heavy (non-hydrogen) atoms. The van der Waals surface area contributed by atoms with Crippen molar-refractivity contribution in [2.75, 3.05) is 18.5 Å². The van der Waals surface area contributed by atoms with Crippen LogP contribution in [0.5, 0.6) is 5.75 Å². The van der Waals surface area contributed by atoms with Crippen LogP contribution >= 0.6 is 0 Å². The van der Waals surface area contributed by atoms with Gasteiger partial charge in [-0.05, 0) is 43.3 Å². The van der Waals surface area contributed by atoms with Crippen molar-refractivity contribution in [3.05, 3.63) is 54.1 Å². The van der Waals surface area contributed by atoms with E-state index in [9.17, 15) is 22.0 Å². The molecule has 140 valence electrons. The first-order chi connectivity index (χ1) is 12.3. The molecule has 9 heteroatoms. The molecule has 0 radical (unpaired) electrons. The number of nitrogens with one attached hydrogen (secondary N) is 2. The molecule has 0 aliphatic carbocycles. The van der Waals surface area contributed by atoms with Crippen LogP contribution in [0.15, 0.2) is 47.4 Å². The molecular weight excluding hydrogens is 366 g/mol. The number of rotatable bonds is 8. The standard InChI is InChI=1S/C17H18F2N2O4S/c1-2-25-13-4-6-14(7-5-13)26(23,24)20-10-9-17(22)21-12-3-8-15(18)16(19)11-12/h3-8,11,20H,2,9-10H2,1H3,(H,21,22). The van der Waals surface area contributed by atoms with Gasteiger partial charge in [0, 0.05) is 24.7 Å². The number of anilines is 1. The van der Waals surface area contributed by atoms with Gasteiger partial charge in [0.1, 0.15) is 5.75 Å². The molecule has 0 aliphatic rings. The van der Waals surface area contributed by atoms with Crippen molar-refractivity contribution in [1.29, 1.82) is 0 Å². The molecule has 0 atom stereocenters. The maximum atomic E-state index is 13.1. The molecule has 2 N–H and O–H groups in total. The van der Waals surface area contributed by atoms with Crippen molar-refractivity contribution in [2.24, 2.45) is 0 Å². The number of hydrogen-bond donors (Lipinski definition) is 2. The summed E-state index contributed by atoms with van der Waals surface area (Å²) in [5.41, 5.74) is 0.0864. The maximum Gasteiger partial charge on any atom is 0.240 e. The van der Waals surface area contributed by atoms with Gasteiger partial charge in [-0.1, -0.05) is 0 Å². The van der Waals surface area contributed by atoms with Gasteiger partial charge in [-0.15, -0.1) is 0 Å². The number of hydrogen-bond acceptors (Lipinski definition) is 4. The monoisotopic (exact) mass is 384 g/mol. The number of amides is 1. The van der Waals surface area contributed by atoms with E-state index in [4.69, 9.17) is 4.74 Å². The van der Waals surface area contributed by atoms with Crippen molar-refractivity contribution in [3.8, 4) is 5.75 Å². The van der Waals surface area contributed by atoms with Gasteiger partial charge in [0.25, 0.3) is 0 Å². The smallest absolute Gasteiger partial charge is 0.240 e. The first-order valence-electron chi connectivity index (χ1n) is 7.79. The third-order valence-electron chi connectivity index (χ3n) is 3.29. The summed E-state index contributed by atoms with van der Waals surface area (Å²) in [6.07, 6.45) is -0.171. The molecule has 0 bridgehead atoms. The maximum absolute atomic E-state index is 13.1. The fraction of sp³-hybridized carbons (Fsp3) is 0.235. The van der Waals surface area contributed by atoms with Crippen molar-refractivity contribution in [3.63, 3.8) is 0 Å². The van der Waals surface area contributed by atoms with Gasteiger partial charge in [-0.2, -0.15) is 0 Å². The zero-order chi connectivity index (χ0) is 19.2. The van der Waals surface area contributed by atoms with Gasteiger partial charge >= 0.3 is 0 Å². The number of ether oxygens (including phenoxy) is 1. The minimum Gasteiger partial charge on any atom is -0.494 e. The highest BCUT2D eigenvalue weighted by atomic mass is 32.2. The highest BCUT2D eigenvalue weighted by Gasteiger charge is 2.14. The Morgan fingerprint density at radius 1 is 1.08 bits per heavy atom.